The molecule has 0 radical (unpaired) electrons. The summed E-state index contributed by atoms with van der Waals surface area (Å²) in [4.78, 5) is 10.5. The van der Waals surface area contributed by atoms with E-state index in [4.69, 9.17) is 9.47 Å². The van der Waals surface area contributed by atoms with E-state index in [1.165, 1.54) is 6.07 Å². The monoisotopic (exact) mass is 269 g/mol. The molecule has 0 fully saturated rings. The Kier molecular flexibility index (Phi) is 5.72. The van der Waals surface area contributed by atoms with Crippen molar-refractivity contribution in [3.63, 3.8) is 0 Å². The van der Waals surface area contributed by atoms with Crippen molar-refractivity contribution < 1.29 is 19.5 Å². The largest absolute Gasteiger partial charge is 0.484 e. The Morgan fingerprint density at radius 2 is 2.05 bits per heavy atom. The predicted octanol–water partition coefficient (Wildman–Crippen LogP) is 1.99. The molecular weight excluding hydrogens is 250 g/mol. The summed E-state index contributed by atoms with van der Waals surface area (Å²) in [6.45, 7) is 5.96. The third-order valence-corrected chi connectivity index (χ3v) is 2.53. The Hall–Kier alpha value is -1.66. The van der Waals surface area contributed by atoms with Gasteiger partial charge in [-0.1, -0.05) is 6.07 Å². The molecule has 0 aliphatic carbocycles. The summed E-state index contributed by atoms with van der Waals surface area (Å²) in [5.74, 6) is 0.200. The summed E-state index contributed by atoms with van der Waals surface area (Å²) >= 11 is 0. The van der Waals surface area contributed by atoms with E-state index in [0.29, 0.717) is 12.2 Å². The molecule has 1 aromatic carbocycles. The average Bonchev–Trinajstić information content (AvgIpc) is 2.34. The number of rotatable bonds is 7. The first kappa shape index (κ1) is 15.4. The summed E-state index contributed by atoms with van der Waals surface area (Å²) < 4.78 is 10.4. The Morgan fingerprint density at radius 3 is 2.63 bits per heavy atom. The lowest BCUT2D eigenvalue weighted by Crippen LogP contribution is -2.23. The van der Waals surface area contributed by atoms with E-state index < -0.39 is 11.0 Å². The SMILES string of the molecule is CCOCC(O)COc1c(C)cc(C)cc1[N+](=O)[O-]. The Morgan fingerprint density at radius 1 is 1.37 bits per heavy atom. The molecule has 0 aliphatic heterocycles. The van der Waals surface area contributed by atoms with Crippen molar-refractivity contribution in [2.45, 2.75) is 26.9 Å². The van der Waals surface area contributed by atoms with Gasteiger partial charge in [0.05, 0.1) is 11.5 Å². The molecule has 1 rings (SSSR count). The third-order valence-electron chi connectivity index (χ3n) is 2.53. The van der Waals surface area contributed by atoms with E-state index in [1.807, 2.05) is 6.92 Å². The number of nitro benzene ring substituents is 1. The summed E-state index contributed by atoms with van der Waals surface area (Å²) in [5.41, 5.74) is 1.39. The second-order valence-electron chi connectivity index (χ2n) is 4.31. The number of nitro groups is 1. The summed E-state index contributed by atoms with van der Waals surface area (Å²) in [6, 6.07) is 3.26. The normalized spacial score (nSPS) is 12.2. The number of nitrogens with zero attached hydrogens (tertiary/aromatic N) is 1. The molecule has 1 atom stereocenters. The fourth-order valence-corrected chi connectivity index (χ4v) is 1.74. The Balaban J connectivity index is 2.80. The zero-order valence-corrected chi connectivity index (χ0v) is 11.4. The third kappa shape index (κ3) is 4.50. The predicted molar refractivity (Wildman–Crippen MR) is 70.6 cm³/mol. The summed E-state index contributed by atoms with van der Waals surface area (Å²) in [6.07, 6.45) is -0.805. The maximum atomic E-state index is 11.0. The van der Waals surface area contributed by atoms with Crippen molar-refractivity contribution in [3.05, 3.63) is 33.4 Å². The molecule has 0 aromatic heterocycles. The first-order valence-corrected chi connectivity index (χ1v) is 6.10. The van der Waals surface area contributed by atoms with Crippen LogP contribution in [0.15, 0.2) is 12.1 Å². The van der Waals surface area contributed by atoms with E-state index in [2.05, 4.69) is 0 Å². The fourth-order valence-electron chi connectivity index (χ4n) is 1.74. The van der Waals surface area contributed by atoms with E-state index in [1.54, 1.807) is 19.9 Å². The standard InChI is InChI=1S/C13H19NO5/c1-4-18-7-11(15)8-19-13-10(3)5-9(2)6-12(13)14(16)17/h5-6,11,15H,4,7-8H2,1-3H3. The molecule has 1 N–H and O–H groups in total. The van der Waals surface area contributed by atoms with Crippen molar-refractivity contribution in [2.24, 2.45) is 0 Å². The Labute approximate surface area is 112 Å². The topological polar surface area (TPSA) is 81.8 Å². The summed E-state index contributed by atoms with van der Waals surface area (Å²) in [7, 11) is 0. The molecule has 19 heavy (non-hydrogen) atoms. The molecule has 106 valence electrons. The quantitative estimate of drug-likeness (QED) is 0.604. The number of aryl methyl sites for hydroxylation is 2. The van der Waals surface area contributed by atoms with Gasteiger partial charge in [-0.25, -0.2) is 0 Å². The molecule has 0 saturated carbocycles. The summed E-state index contributed by atoms with van der Waals surface area (Å²) in [5, 5.41) is 20.6. The first-order chi connectivity index (χ1) is 8.95. The molecule has 0 spiro atoms. The molecule has 0 saturated heterocycles. The lowest BCUT2D eigenvalue weighted by Gasteiger charge is -2.14. The molecule has 0 heterocycles. The molecule has 6 heteroatoms. The number of hydrogen-bond acceptors (Lipinski definition) is 5. The van der Waals surface area contributed by atoms with Gasteiger partial charge in [0, 0.05) is 12.7 Å². The van der Waals surface area contributed by atoms with E-state index in [0.717, 1.165) is 5.56 Å². The van der Waals surface area contributed by atoms with Crippen LogP contribution >= 0.6 is 0 Å². The zero-order valence-electron chi connectivity index (χ0n) is 11.4. The minimum absolute atomic E-state index is 0.0370. The minimum atomic E-state index is -0.805. The lowest BCUT2D eigenvalue weighted by molar-refractivity contribution is -0.386. The van der Waals surface area contributed by atoms with Crippen LogP contribution in [0, 0.1) is 24.0 Å². The fraction of sp³-hybridized carbons (Fsp3) is 0.538. The van der Waals surface area contributed by atoms with Crippen LogP contribution in [-0.4, -0.2) is 36.0 Å². The van der Waals surface area contributed by atoms with Gasteiger partial charge < -0.3 is 14.6 Å². The van der Waals surface area contributed by atoms with Crippen LogP contribution in [-0.2, 0) is 4.74 Å². The van der Waals surface area contributed by atoms with E-state index in [9.17, 15) is 15.2 Å². The molecule has 0 aliphatic rings. The number of benzene rings is 1. The molecule has 1 aromatic rings. The van der Waals surface area contributed by atoms with Gasteiger partial charge in [0.25, 0.3) is 0 Å². The van der Waals surface area contributed by atoms with Crippen LogP contribution < -0.4 is 4.74 Å². The van der Waals surface area contributed by atoms with Crippen molar-refractivity contribution in [3.8, 4) is 5.75 Å². The second-order valence-corrected chi connectivity index (χ2v) is 4.31. The maximum Gasteiger partial charge on any atom is 0.311 e. The van der Waals surface area contributed by atoms with Crippen molar-refractivity contribution in [1.29, 1.82) is 0 Å². The number of aliphatic hydroxyl groups excluding tert-OH is 1. The van der Waals surface area contributed by atoms with Gasteiger partial charge >= 0.3 is 5.69 Å². The average molecular weight is 269 g/mol. The highest BCUT2D eigenvalue weighted by atomic mass is 16.6. The molecular formula is C13H19NO5. The van der Waals surface area contributed by atoms with Crippen LogP contribution in [0.5, 0.6) is 5.75 Å². The molecule has 6 nitrogen and oxygen atoms in total. The van der Waals surface area contributed by atoms with Gasteiger partial charge in [0.2, 0.25) is 0 Å². The molecule has 0 amide bonds. The Bertz CT molecular complexity index is 447. The van der Waals surface area contributed by atoms with E-state index in [-0.39, 0.29) is 24.7 Å². The van der Waals surface area contributed by atoms with Crippen molar-refractivity contribution in [2.75, 3.05) is 19.8 Å². The van der Waals surface area contributed by atoms with Gasteiger partial charge in [0.15, 0.2) is 5.75 Å². The molecule has 0 bridgehead atoms. The number of ether oxygens (including phenoxy) is 2. The van der Waals surface area contributed by atoms with Gasteiger partial charge in [-0.2, -0.15) is 0 Å². The van der Waals surface area contributed by atoms with Crippen molar-refractivity contribution >= 4 is 5.69 Å². The highest BCUT2D eigenvalue weighted by molar-refractivity contribution is 5.53. The van der Waals surface area contributed by atoms with Gasteiger partial charge in [0.1, 0.15) is 12.7 Å². The maximum absolute atomic E-state index is 11.0. The minimum Gasteiger partial charge on any atom is -0.484 e. The number of hydrogen-bond donors (Lipinski definition) is 1. The van der Waals surface area contributed by atoms with Gasteiger partial charge in [-0.05, 0) is 31.9 Å². The van der Waals surface area contributed by atoms with Gasteiger partial charge in [-0.3, -0.25) is 10.1 Å². The highest BCUT2D eigenvalue weighted by Crippen LogP contribution is 2.32. The van der Waals surface area contributed by atoms with Crippen LogP contribution in [0.1, 0.15) is 18.1 Å². The molecule has 1 unspecified atom stereocenters. The highest BCUT2D eigenvalue weighted by Gasteiger charge is 2.19. The smallest absolute Gasteiger partial charge is 0.311 e. The first-order valence-electron chi connectivity index (χ1n) is 6.10. The van der Waals surface area contributed by atoms with Crippen LogP contribution in [0.2, 0.25) is 0 Å². The van der Waals surface area contributed by atoms with Gasteiger partial charge in [-0.15, -0.1) is 0 Å². The number of aliphatic hydroxyl groups is 1. The second kappa shape index (κ2) is 7.06. The zero-order chi connectivity index (χ0) is 14.4. The van der Waals surface area contributed by atoms with Crippen LogP contribution in [0.4, 0.5) is 5.69 Å². The van der Waals surface area contributed by atoms with Crippen LogP contribution in [0.25, 0.3) is 0 Å². The van der Waals surface area contributed by atoms with E-state index >= 15 is 0 Å². The lowest BCUT2D eigenvalue weighted by atomic mass is 10.1. The van der Waals surface area contributed by atoms with Crippen molar-refractivity contribution in [1.82, 2.24) is 0 Å². The van der Waals surface area contributed by atoms with Crippen LogP contribution in [0.3, 0.4) is 0 Å².